The lowest BCUT2D eigenvalue weighted by Gasteiger charge is -2.29. The molecule has 0 spiro atoms. The van der Waals surface area contributed by atoms with Gasteiger partial charge in [0.15, 0.2) is 0 Å². The maximum absolute atomic E-state index is 11.9. The van der Waals surface area contributed by atoms with Crippen molar-refractivity contribution >= 4 is 0 Å². The van der Waals surface area contributed by atoms with Crippen molar-refractivity contribution < 1.29 is 31.4 Å². The second-order valence-corrected chi connectivity index (χ2v) is 1.83. The van der Waals surface area contributed by atoms with Crippen molar-refractivity contribution in [3.05, 3.63) is 0 Å². The number of hydrogen-bond donors (Lipinski definition) is 0. The molecule has 1 aliphatic heterocycles. The van der Waals surface area contributed by atoms with Gasteiger partial charge in [-0.25, -0.2) is 13.2 Å². The molecular formula is C4H3F5O2. The molecule has 0 aromatic heterocycles. The lowest BCUT2D eigenvalue weighted by molar-refractivity contribution is -0.437. The molecule has 66 valence electrons. The van der Waals surface area contributed by atoms with E-state index in [9.17, 15) is 22.0 Å². The Bertz CT molecular complexity index is 151. The first kappa shape index (κ1) is 8.66. The van der Waals surface area contributed by atoms with Crippen molar-refractivity contribution in [2.75, 3.05) is 0 Å². The minimum atomic E-state index is -4.41. The van der Waals surface area contributed by atoms with Crippen molar-refractivity contribution in [1.29, 1.82) is 0 Å². The minimum Gasteiger partial charge on any atom is -0.302 e. The summed E-state index contributed by atoms with van der Waals surface area (Å²) in [6, 6.07) is 0. The van der Waals surface area contributed by atoms with E-state index >= 15 is 0 Å². The Morgan fingerprint density at radius 1 is 1.00 bits per heavy atom. The van der Waals surface area contributed by atoms with Crippen molar-refractivity contribution in [2.45, 2.75) is 25.2 Å². The molecule has 0 saturated carbocycles. The first-order valence-corrected chi connectivity index (χ1v) is 2.57. The summed E-state index contributed by atoms with van der Waals surface area (Å²) >= 11 is 0. The van der Waals surface area contributed by atoms with Crippen LogP contribution in [0.3, 0.4) is 0 Å². The predicted octanol–water partition coefficient (Wildman–Crippen LogP) is 1.51. The fourth-order valence-electron chi connectivity index (χ4n) is 0.512. The van der Waals surface area contributed by atoms with Gasteiger partial charge >= 0.3 is 6.11 Å². The molecule has 1 fully saturated rings. The van der Waals surface area contributed by atoms with Crippen LogP contribution in [0.4, 0.5) is 22.0 Å². The van der Waals surface area contributed by atoms with Gasteiger partial charge in [-0.2, -0.15) is 8.78 Å². The highest BCUT2D eigenvalue weighted by molar-refractivity contribution is 4.66. The van der Waals surface area contributed by atoms with E-state index in [-0.39, 0.29) is 0 Å². The molecular weight excluding hydrogens is 175 g/mol. The summed E-state index contributed by atoms with van der Waals surface area (Å²) in [7, 11) is 0. The average molecular weight is 178 g/mol. The SMILES string of the molecule is F[C@@H]1O[C@H](F)C(F)(F)O[C@H]1F. The van der Waals surface area contributed by atoms with Crippen molar-refractivity contribution in [2.24, 2.45) is 0 Å². The third-order valence-electron chi connectivity index (χ3n) is 0.989. The van der Waals surface area contributed by atoms with Gasteiger partial charge in [0.05, 0.1) is 0 Å². The monoisotopic (exact) mass is 178 g/mol. The molecule has 1 saturated heterocycles. The predicted molar refractivity (Wildman–Crippen MR) is 21.8 cm³/mol. The standard InChI is InChI=1S/C4H3F5O2/c5-1-2(6)11-4(8,9)3(7)10-1/h1-3H/t1-,2-,3+/m1/s1. The summed E-state index contributed by atoms with van der Waals surface area (Å²) in [4.78, 5) is 0. The zero-order valence-electron chi connectivity index (χ0n) is 4.94. The molecule has 1 heterocycles. The summed E-state index contributed by atoms with van der Waals surface area (Å²) in [5.41, 5.74) is 0. The summed E-state index contributed by atoms with van der Waals surface area (Å²) in [6.45, 7) is 0. The number of hydrogen-bond acceptors (Lipinski definition) is 2. The third-order valence-corrected chi connectivity index (χ3v) is 0.989. The molecule has 3 atom stereocenters. The molecule has 11 heavy (non-hydrogen) atoms. The Kier molecular flexibility index (Phi) is 2.02. The molecule has 0 bridgehead atoms. The quantitative estimate of drug-likeness (QED) is 0.523. The summed E-state index contributed by atoms with van der Waals surface area (Å²) in [5, 5.41) is 0. The third kappa shape index (κ3) is 1.59. The topological polar surface area (TPSA) is 18.5 Å². The van der Waals surface area contributed by atoms with Crippen LogP contribution in [0.25, 0.3) is 0 Å². The van der Waals surface area contributed by atoms with Gasteiger partial charge in [0.25, 0.3) is 19.1 Å². The number of halogens is 5. The van der Waals surface area contributed by atoms with Crippen molar-refractivity contribution in [3.8, 4) is 0 Å². The second kappa shape index (κ2) is 2.56. The van der Waals surface area contributed by atoms with Gasteiger partial charge in [0.2, 0.25) is 0 Å². The Morgan fingerprint density at radius 2 is 1.55 bits per heavy atom. The smallest absolute Gasteiger partial charge is 0.302 e. The highest BCUT2D eigenvalue weighted by Gasteiger charge is 2.53. The van der Waals surface area contributed by atoms with Crippen molar-refractivity contribution in [3.63, 3.8) is 0 Å². The van der Waals surface area contributed by atoms with Gasteiger partial charge in [-0.15, -0.1) is 0 Å². The van der Waals surface area contributed by atoms with Gasteiger partial charge in [-0.1, -0.05) is 0 Å². The maximum Gasteiger partial charge on any atom is 0.414 e. The van der Waals surface area contributed by atoms with Gasteiger partial charge < -0.3 is 4.74 Å². The highest BCUT2D eigenvalue weighted by Crippen LogP contribution is 2.33. The van der Waals surface area contributed by atoms with Crippen LogP contribution in [-0.2, 0) is 9.47 Å². The Balaban J connectivity index is 2.63. The van der Waals surface area contributed by atoms with Crippen LogP contribution in [-0.4, -0.2) is 25.2 Å². The molecule has 7 heteroatoms. The summed E-state index contributed by atoms with van der Waals surface area (Å²) < 4.78 is 65.7. The zero-order chi connectivity index (χ0) is 8.65. The van der Waals surface area contributed by atoms with Crippen LogP contribution in [0.1, 0.15) is 0 Å². The molecule has 1 aliphatic rings. The summed E-state index contributed by atoms with van der Waals surface area (Å²) in [5.74, 6) is 0. The van der Waals surface area contributed by atoms with Crippen molar-refractivity contribution in [1.82, 2.24) is 0 Å². The van der Waals surface area contributed by atoms with E-state index in [1.54, 1.807) is 0 Å². The molecule has 2 nitrogen and oxygen atoms in total. The van der Waals surface area contributed by atoms with E-state index in [4.69, 9.17) is 0 Å². The Hall–Kier alpha value is -0.430. The van der Waals surface area contributed by atoms with Crippen LogP contribution in [0.15, 0.2) is 0 Å². The molecule has 0 aromatic rings. The van der Waals surface area contributed by atoms with Crippen LogP contribution in [0, 0.1) is 0 Å². The van der Waals surface area contributed by atoms with Gasteiger partial charge in [-0.05, 0) is 0 Å². The molecule has 0 aromatic carbocycles. The molecule has 1 rings (SSSR count). The number of ether oxygens (including phenoxy) is 2. The largest absolute Gasteiger partial charge is 0.414 e. The first-order valence-electron chi connectivity index (χ1n) is 2.57. The fraction of sp³-hybridized carbons (Fsp3) is 1.00. The highest BCUT2D eigenvalue weighted by atomic mass is 19.3. The minimum absolute atomic E-state index is 2.80. The molecule has 0 unspecified atom stereocenters. The zero-order valence-corrected chi connectivity index (χ0v) is 4.94. The molecule has 0 amide bonds. The average Bonchev–Trinajstić information content (AvgIpc) is 1.83. The molecule has 0 N–H and O–H groups in total. The fourth-order valence-corrected chi connectivity index (χ4v) is 0.512. The van der Waals surface area contributed by atoms with E-state index in [0.717, 1.165) is 0 Å². The molecule has 0 radical (unpaired) electrons. The summed E-state index contributed by atoms with van der Waals surface area (Å²) in [6.07, 6.45) is -13.4. The van der Waals surface area contributed by atoms with Crippen LogP contribution < -0.4 is 0 Å². The van der Waals surface area contributed by atoms with Crippen LogP contribution in [0.5, 0.6) is 0 Å². The lowest BCUT2D eigenvalue weighted by atomic mass is 10.5. The van der Waals surface area contributed by atoms with Gasteiger partial charge in [0, 0.05) is 0 Å². The van der Waals surface area contributed by atoms with Gasteiger partial charge in [0.1, 0.15) is 0 Å². The number of alkyl halides is 5. The van der Waals surface area contributed by atoms with Gasteiger partial charge in [-0.3, -0.25) is 4.74 Å². The van der Waals surface area contributed by atoms with Crippen LogP contribution >= 0.6 is 0 Å². The maximum atomic E-state index is 11.9. The van der Waals surface area contributed by atoms with E-state index in [1.807, 2.05) is 0 Å². The second-order valence-electron chi connectivity index (χ2n) is 1.83. The first-order chi connectivity index (χ1) is 4.93. The number of rotatable bonds is 0. The van der Waals surface area contributed by atoms with E-state index in [1.165, 1.54) is 0 Å². The lowest BCUT2D eigenvalue weighted by Crippen LogP contribution is -2.48. The van der Waals surface area contributed by atoms with E-state index in [0.29, 0.717) is 0 Å². The Labute approximate surface area is 57.9 Å². The normalized spacial score (nSPS) is 43.9. The van der Waals surface area contributed by atoms with E-state index in [2.05, 4.69) is 9.47 Å². The van der Waals surface area contributed by atoms with Crippen LogP contribution in [0.2, 0.25) is 0 Å². The van der Waals surface area contributed by atoms with E-state index < -0.39 is 25.2 Å². The Morgan fingerprint density at radius 3 is 2.00 bits per heavy atom. The molecule has 0 aliphatic carbocycles.